The van der Waals surface area contributed by atoms with Crippen molar-refractivity contribution in [2.75, 3.05) is 52.5 Å². The molecule has 1 N–H and O–H groups in total. The van der Waals surface area contributed by atoms with Gasteiger partial charge in [-0.05, 0) is 35.4 Å². The van der Waals surface area contributed by atoms with Crippen LogP contribution >= 0.6 is 0 Å². The normalized spacial score (nSPS) is 14.6. The third-order valence-electron chi connectivity index (χ3n) is 4.90. The van der Waals surface area contributed by atoms with Crippen LogP contribution in [0.4, 0.5) is 0 Å². The van der Waals surface area contributed by atoms with Gasteiger partial charge in [0.25, 0.3) is 5.91 Å². The molecule has 0 spiro atoms. The maximum atomic E-state index is 12.9. The van der Waals surface area contributed by atoms with E-state index in [1.165, 1.54) is 0 Å². The SMILES string of the molecule is N#Cc1ccc(-c2cccc(C(=O)N3CCN(CCOCCO)CC3)c2)cc1. The molecule has 1 aliphatic heterocycles. The monoisotopic (exact) mass is 379 g/mol. The number of nitriles is 1. The highest BCUT2D eigenvalue weighted by Crippen LogP contribution is 2.22. The van der Waals surface area contributed by atoms with Crippen LogP contribution in [0.2, 0.25) is 0 Å². The Morgan fingerprint density at radius 2 is 1.79 bits per heavy atom. The third kappa shape index (κ3) is 5.17. The molecule has 2 aromatic rings. The van der Waals surface area contributed by atoms with E-state index in [0.29, 0.717) is 37.4 Å². The lowest BCUT2D eigenvalue weighted by Crippen LogP contribution is -2.49. The Morgan fingerprint density at radius 3 is 2.46 bits per heavy atom. The topological polar surface area (TPSA) is 76.8 Å². The van der Waals surface area contributed by atoms with Gasteiger partial charge in [0.2, 0.25) is 0 Å². The number of ether oxygens (including phenoxy) is 1. The summed E-state index contributed by atoms with van der Waals surface area (Å²) in [6.45, 7) is 4.86. The zero-order chi connectivity index (χ0) is 19.8. The van der Waals surface area contributed by atoms with Crippen molar-refractivity contribution in [3.05, 3.63) is 59.7 Å². The van der Waals surface area contributed by atoms with E-state index < -0.39 is 0 Å². The first kappa shape index (κ1) is 20.0. The fourth-order valence-electron chi connectivity index (χ4n) is 3.29. The maximum absolute atomic E-state index is 12.9. The smallest absolute Gasteiger partial charge is 0.253 e. The molecular weight excluding hydrogens is 354 g/mol. The summed E-state index contributed by atoms with van der Waals surface area (Å²) in [5, 5.41) is 17.7. The van der Waals surface area contributed by atoms with Gasteiger partial charge in [0.15, 0.2) is 0 Å². The summed E-state index contributed by atoms with van der Waals surface area (Å²) >= 11 is 0. The van der Waals surface area contributed by atoms with Crippen molar-refractivity contribution in [1.82, 2.24) is 9.80 Å². The molecule has 3 rings (SSSR count). The number of carbonyl (C=O) groups is 1. The lowest BCUT2D eigenvalue weighted by atomic mass is 10.0. The summed E-state index contributed by atoms with van der Waals surface area (Å²) in [6, 6.07) is 17.1. The van der Waals surface area contributed by atoms with Gasteiger partial charge in [-0.2, -0.15) is 5.26 Å². The van der Waals surface area contributed by atoms with Gasteiger partial charge in [0.1, 0.15) is 0 Å². The van der Waals surface area contributed by atoms with Crippen molar-refractivity contribution < 1.29 is 14.6 Å². The summed E-state index contributed by atoms with van der Waals surface area (Å²) < 4.78 is 5.31. The minimum Gasteiger partial charge on any atom is -0.394 e. The molecule has 6 heteroatoms. The largest absolute Gasteiger partial charge is 0.394 e. The van der Waals surface area contributed by atoms with E-state index in [1.54, 1.807) is 12.1 Å². The van der Waals surface area contributed by atoms with Gasteiger partial charge in [-0.15, -0.1) is 0 Å². The molecule has 0 aromatic heterocycles. The van der Waals surface area contributed by atoms with Crippen LogP contribution in [0.25, 0.3) is 11.1 Å². The van der Waals surface area contributed by atoms with Crippen LogP contribution in [-0.2, 0) is 4.74 Å². The average Bonchev–Trinajstić information content (AvgIpc) is 2.77. The lowest BCUT2D eigenvalue weighted by Gasteiger charge is -2.34. The quantitative estimate of drug-likeness (QED) is 0.745. The number of nitrogens with zero attached hydrogens (tertiary/aromatic N) is 3. The van der Waals surface area contributed by atoms with E-state index in [-0.39, 0.29) is 12.5 Å². The van der Waals surface area contributed by atoms with Crippen LogP contribution in [0.1, 0.15) is 15.9 Å². The molecule has 0 atom stereocenters. The summed E-state index contributed by atoms with van der Waals surface area (Å²) in [4.78, 5) is 17.1. The Hall–Kier alpha value is -2.72. The van der Waals surface area contributed by atoms with E-state index in [2.05, 4.69) is 11.0 Å². The van der Waals surface area contributed by atoms with Gasteiger partial charge in [-0.3, -0.25) is 9.69 Å². The van der Waals surface area contributed by atoms with Crippen molar-refractivity contribution in [2.24, 2.45) is 0 Å². The summed E-state index contributed by atoms with van der Waals surface area (Å²) in [7, 11) is 0. The second-order valence-corrected chi connectivity index (χ2v) is 6.74. The molecule has 6 nitrogen and oxygen atoms in total. The van der Waals surface area contributed by atoms with Gasteiger partial charge < -0.3 is 14.7 Å². The Morgan fingerprint density at radius 1 is 1.04 bits per heavy atom. The molecule has 1 heterocycles. The first-order valence-electron chi connectivity index (χ1n) is 9.52. The van der Waals surface area contributed by atoms with Crippen molar-refractivity contribution >= 4 is 5.91 Å². The molecule has 1 saturated heterocycles. The van der Waals surface area contributed by atoms with E-state index >= 15 is 0 Å². The number of hydrogen-bond donors (Lipinski definition) is 1. The number of aliphatic hydroxyl groups excluding tert-OH is 1. The molecule has 1 aliphatic rings. The van der Waals surface area contributed by atoms with E-state index in [1.807, 2.05) is 41.3 Å². The molecule has 0 bridgehead atoms. The molecule has 0 saturated carbocycles. The van der Waals surface area contributed by atoms with Crippen LogP contribution in [-0.4, -0.2) is 73.4 Å². The highest BCUT2D eigenvalue weighted by Gasteiger charge is 2.22. The number of benzene rings is 2. The fourth-order valence-corrected chi connectivity index (χ4v) is 3.29. The Bertz CT molecular complexity index is 822. The van der Waals surface area contributed by atoms with Gasteiger partial charge in [-0.25, -0.2) is 0 Å². The zero-order valence-electron chi connectivity index (χ0n) is 15.9. The average molecular weight is 379 g/mol. The van der Waals surface area contributed by atoms with Gasteiger partial charge in [0.05, 0.1) is 31.5 Å². The molecule has 28 heavy (non-hydrogen) atoms. The van der Waals surface area contributed by atoms with Crippen molar-refractivity contribution in [2.45, 2.75) is 0 Å². The number of rotatable bonds is 7. The predicted octanol–water partition coefficient (Wildman–Crippen LogP) is 1.99. The highest BCUT2D eigenvalue weighted by molar-refractivity contribution is 5.95. The standard InChI is InChI=1S/C22H25N3O3/c23-17-18-4-6-19(7-5-18)20-2-1-3-21(16-20)22(27)25-10-8-24(9-11-25)12-14-28-15-13-26/h1-7,16,26H,8-15H2. The minimum absolute atomic E-state index is 0.0454. The predicted molar refractivity (Wildman–Crippen MR) is 107 cm³/mol. The number of aliphatic hydroxyl groups is 1. The zero-order valence-corrected chi connectivity index (χ0v) is 15.9. The van der Waals surface area contributed by atoms with Gasteiger partial charge >= 0.3 is 0 Å². The number of carbonyl (C=O) groups excluding carboxylic acids is 1. The molecular formula is C22H25N3O3. The molecule has 146 valence electrons. The fraction of sp³-hybridized carbons (Fsp3) is 0.364. The second-order valence-electron chi connectivity index (χ2n) is 6.74. The van der Waals surface area contributed by atoms with Gasteiger partial charge in [-0.1, -0.05) is 24.3 Å². The molecule has 1 fully saturated rings. The van der Waals surface area contributed by atoms with Crippen molar-refractivity contribution in [3.63, 3.8) is 0 Å². The van der Waals surface area contributed by atoms with Crippen LogP contribution in [0.3, 0.4) is 0 Å². The molecule has 0 aliphatic carbocycles. The minimum atomic E-state index is 0.0454. The molecule has 0 unspecified atom stereocenters. The van der Waals surface area contributed by atoms with Crippen LogP contribution in [0, 0.1) is 11.3 Å². The van der Waals surface area contributed by atoms with Crippen molar-refractivity contribution in [3.8, 4) is 17.2 Å². The summed E-state index contributed by atoms with van der Waals surface area (Å²) in [6.07, 6.45) is 0. The number of amides is 1. The highest BCUT2D eigenvalue weighted by atomic mass is 16.5. The third-order valence-corrected chi connectivity index (χ3v) is 4.90. The van der Waals surface area contributed by atoms with E-state index in [9.17, 15) is 4.79 Å². The molecule has 0 radical (unpaired) electrons. The number of hydrogen-bond acceptors (Lipinski definition) is 5. The Labute approximate surface area is 165 Å². The maximum Gasteiger partial charge on any atom is 0.253 e. The van der Waals surface area contributed by atoms with Crippen LogP contribution < -0.4 is 0 Å². The first-order chi connectivity index (χ1) is 13.7. The number of piperazine rings is 1. The molecule has 2 aromatic carbocycles. The lowest BCUT2D eigenvalue weighted by molar-refractivity contribution is 0.0486. The van der Waals surface area contributed by atoms with Crippen LogP contribution in [0.5, 0.6) is 0 Å². The van der Waals surface area contributed by atoms with Crippen molar-refractivity contribution in [1.29, 1.82) is 5.26 Å². The molecule has 1 amide bonds. The summed E-state index contributed by atoms with van der Waals surface area (Å²) in [5.41, 5.74) is 3.26. The summed E-state index contributed by atoms with van der Waals surface area (Å²) in [5.74, 6) is 0.0478. The van der Waals surface area contributed by atoms with E-state index in [0.717, 1.165) is 30.8 Å². The van der Waals surface area contributed by atoms with Crippen LogP contribution in [0.15, 0.2) is 48.5 Å². The van der Waals surface area contributed by atoms with Gasteiger partial charge in [0, 0.05) is 38.3 Å². The van der Waals surface area contributed by atoms with E-state index in [4.69, 9.17) is 15.1 Å². The second kappa shape index (κ2) is 10.00. The Balaban J connectivity index is 1.58. The Kier molecular flexibility index (Phi) is 7.15. The first-order valence-corrected chi connectivity index (χ1v) is 9.52.